The molecule has 0 spiro atoms. The molecule has 2 fully saturated rings. The minimum atomic E-state index is -3.44. The maximum Gasteiger partial charge on any atom is 0.357 e. The van der Waals surface area contributed by atoms with E-state index in [2.05, 4.69) is 4.74 Å². The number of aromatic hydroxyl groups is 1. The van der Waals surface area contributed by atoms with Gasteiger partial charge in [0.2, 0.25) is 0 Å². The molecule has 1 saturated heterocycles. The van der Waals surface area contributed by atoms with Gasteiger partial charge in [0.25, 0.3) is 0 Å². The average Bonchev–Trinajstić information content (AvgIpc) is 2.83. The predicted molar refractivity (Wildman–Crippen MR) is 114 cm³/mol. The molecule has 1 aliphatic heterocycles. The molecule has 0 radical (unpaired) electrons. The highest BCUT2D eigenvalue weighted by Gasteiger charge is 2.63. The lowest BCUT2D eigenvalue weighted by Crippen LogP contribution is -2.70. The minimum Gasteiger partial charge on any atom is -0.507 e. The van der Waals surface area contributed by atoms with Crippen molar-refractivity contribution in [2.75, 3.05) is 6.61 Å². The van der Waals surface area contributed by atoms with Gasteiger partial charge in [-0.05, 0) is 18.2 Å². The van der Waals surface area contributed by atoms with Gasteiger partial charge in [-0.15, -0.1) is 0 Å². The molecule has 0 amide bonds. The van der Waals surface area contributed by atoms with Gasteiger partial charge in [0.05, 0.1) is 24.7 Å². The molecule has 14 heteroatoms. The van der Waals surface area contributed by atoms with Crippen LogP contribution < -0.4 is 0 Å². The van der Waals surface area contributed by atoms with E-state index in [-0.39, 0.29) is 11.3 Å². The van der Waals surface area contributed by atoms with E-state index in [4.69, 9.17) is 4.74 Å². The Morgan fingerprint density at radius 2 is 1.64 bits per heavy atom. The number of phenolic OH excluding ortho intramolecular Hbond substituents is 1. The number of hydrogen-bond acceptors (Lipinski definition) is 14. The smallest absolute Gasteiger partial charge is 0.357 e. The second-order valence-corrected chi connectivity index (χ2v) is 8.73. The second-order valence-electron chi connectivity index (χ2n) is 8.73. The molecule has 0 bridgehead atoms. The van der Waals surface area contributed by atoms with Crippen molar-refractivity contribution in [3.8, 4) is 5.75 Å². The van der Waals surface area contributed by atoms with Gasteiger partial charge in [0.15, 0.2) is 17.5 Å². The number of benzene rings is 1. The number of hydrogen-bond donors (Lipinski definition) is 10. The van der Waals surface area contributed by atoms with Crippen molar-refractivity contribution < 1.29 is 70.1 Å². The number of ether oxygens (including phenoxy) is 2. The van der Waals surface area contributed by atoms with Crippen LogP contribution in [-0.4, -0.2) is 124 Å². The minimum absolute atomic E-state index is 0.151. The largest absolute Gasteiger partial charge is 0.507 e. The van der Waals surface area contributed by atoms with Crippen molar-refractivity contribution in [1.29, 1.82) is 0 Å². The highest BCUT2D eigenvalue weighted by Crippen LogP contribution is 2.39. The van der Waals surface area contributed by atoms with Crippen LogP contribution in [0, 0.1) is 5.92 Å². The first-order valence-electron chi connectivity index (χ1n) is 10.8. The number of carbonyl (C=O) groups excluding carboxylic acids is 2. The zero-order valence-corrected chi connectivity index (χ0v) is 18.6. The first-order valence-corrected chi connectivity index (χ1v) is 10.8. The molecule has 10 atom stereocenters. The molecular formula is C22H28O14. The summed E-state index contributed by atoms with van der Waals surface area (Å²) in [7, 11) is 0. The molecule has 1 saturated carbocycles. The number of aliphatic hydroxyl groups excluding tert-OH is 7. The quantitative estimate of drug-likeness (QED) is 0.0971. The maximum atomic E-state index is 13.0. The molecule has 3 unspecified atom stereocenters. The average molecular weight is 516 g/mol. The SMILES string of the molecule is O=C(/C=C/c1ccccc1O)C1[C@@H](O)C(O)[C@H](O)CC1(O)C(=O)O[C@@]1(O)O[C@H](CO)[C@@H](O)[C@H](O)[C@H]1O. The summed E-state index contributed by atoms with van der Waals surface area (Å²) in [6.45, 7) is -1.00. The number of allylic oxidation sites excluding steroid dienone is 1. The number of para-hydroxylation sites is 1. The van der Waals surface area contributed by atoms with Gasteiger partial charge in [-0.1, -0.05) is 18.2 Å². The number of ketones is 1. The second kappa shape index (κ2) is 10.5. The van der Waals surface area contributed by atoms with Crippen LogP contribution in [0.3, 0.4) is 0 Å². The molecule has 0 aromatic heterocycles. The van der Waals surface area contributed by atoms with E-state index in [1.54, 1.807) is 0 Å². The van der Waals surface area contributed by atoms with Gasteiger partial charge in [-0.25, -0.2) is 4.79 Å². The van der Waals surface area contributed by atoms with Crippen LogP contribution in [0.25, 0.3) is 6.08 Å². The van der Waals surface area contributed by atoms with Crippen molar-refractivity contribution in [2.24, 2.45) is 5.92 Å². The van der Waals surface area contributed by atoms with Gasteiger partial charge in [0.1, 0.15) is 30.2 Å². The van der Waals surface area contributed by atoms with Crippen molar-refractivity contribution in [2.45, 2.75) is 60.7 Å². The summed E-state index contributed by atoms with van der Waals surface area (Å²) < 4.78 is 9.47. The molecule has 36 heavy (non-hydrogen) atoms. The summed E-state index contributed by atoms with van der Waals surface area (Å²) in [6, 6.07) is 5.78. The Morgan fingerprint density at radius 3 is 2.25 bits per heavy atom. The lowest BCUT2D eigenvalue weighted by molar-refractivity contribution is -0.437. The molecule has 14 nitrogen and oxygen atoms in total. The molecule has 2 aliphatic rings. The van der Waals surface area contributed by atoms with E-state index < -0.39 is 85.0 Å². The predicted octanol–water partition coefficient (Wildman–Crippen LogP) is -4.53. The van der Waals surface area contributed by atoms with Gasteiger partial charge >= 0.3 is 11.9 Å². The number of carbonyl (C=O) groups is 2. The molecule has 1 aromatic rings. The van der Waals surface area contributed by atoms with Crippen LogP contribution in [0.2, 0.25) is 0 Å². The van der Waals surface area contributed by atoms with Crippen LogP contribution in [-0.2, 0) is 19.1 Å². The third-order valence-electron chi connectivity index (χ3n) is 6.31. The lowest BCUT2D eigenvalue weighted by Gasteiger charge is -2.47. The van der Waals surface area contributed by atoms with E-state index in [9.17, 15) is 60.7 Å². The van der Waals surface area contributed by atoms with Gasteiger partial charge in [0, 0.05) is 12.0 Å². The normalized spacial score (nSPS) is 41.2. The zero-order chi connectivity index (χ0) is 27.0. The maximum absolute atomic E-state index is 13.0. The fourth-order valence-corrected chi connectivity index (χ4v) is 4.22. The van der Waals surface area contributed by atoms with Crippen molar-refractivity contribution >= 4 is 17.8 Å². The zero-order valence-electron chi connectivity index (χ0n) is 18.6. The van der Waals surface area contributed by atoms with Gasteiger partial charge in [-0.3, -0.25) is 4.79 Å². The Morgan fingerprint density at radius 1 is 1.00 bits per heavy atom. The van der Waals surface area contributed by atoms with Crippen molar-refractivity contribution in [3.63, 3.8) is 0 Å². The summed E-state index contributed by atoms with van der Waals surface area (Å²) in [5.74, 6) is -8.91. The third kappa shape index (κ3) is 5.01. The van der Waals surface area contributed by atoms with E-state index in [1.165, 1.54) is 24.3 Å². The Balaban J connectivity index is 1.93. The number of phenols is 1. The number of rotatable bonds is 6. The summed E-state index contributed by atoms with van der Waals surface area (Å²) in [5.41, 5.74) is -2.97. The van der Waals surface area contributed by atoms with E-state index in [0.29, 0.717) is 0 Å². The number of aliphatic hydroxyl groups is 9. The number of esters is 1. The molecular weight excluding hydrogens is 488 g/mol. The topological polar surface area (TPSA) is 255 Å². The standard InChI is InChI=1S/C22H28O14/c23-8-13-16(28)18(30)19(31)22(34,35-13)36-20(32)21(33)7-12(26)15(27)17(29)14(21)11(25)6-5-9-3-1-2-4-10(9)24/h1-6,12-19,23-24,26-31,33-34H,7-8H2/b6-5+/t12-,13-,14?,15?,16-,17-,18+,19-,21?,22+/m1/s1. The van der Waals surface area contributed by atoms with E-state index in [1.807, 2.05) is 0 Å². The Hall–Kier alpha value is -2.50. The fraction of sp³-hybridized carbons (Fsp3) is 0.545. The molecule has 200 valence electrons. The Bertz CT molecular complexity index is 997. The lowest BCUT2D eigenvalue weighted by atomic mass is 9.69. The van der Waals surface area contributed by atoms with E-state index in [0.717, 1.165) is 12.2 Å². The summed E-state index contributed by atoms with van der Waals surface area (Å²) in [5, 5.41) is 101. The monoisotopic (exact) mass is 516 g/mol. The highest BCUT2D eigenvalue weighted by atomic mass is 16.9. The van der Waals surface area contributed by atoms with Crippen LogP contribution in [0.15, 0.2) is 30.3 Å². The molecule has 1 heterocycles. The van der Waals surface area contributed by atoms with Gasteiger partial charge < -0.3 is 60.5 Å². The van der Waals surface area contributed by atoms with Crippen molar-refractivity contribution in [3.05, 3.63) is 35.9 Å². The Kier molecular flexibility index (Phi) is 8.17. The van der Waals surface area contributed by atoms with Crippen molar-refractivity contribution in [1.82, 2.24) is 0 Å². The summed E-state index contributed by atoms with van der Waals surface area (Å²) >= 11 is 0. The first-order chi connectivity index (χ1) is 16.8. The highest BCUT2D eigenvalue weighted by molar-refractivity contribution is 6.00. The van der Waals surface area contributed by atoms with Crippen LogP contribution in [0.5, 0.6) is 5.75 Å². The van der Waals surface area contributed by atoms with Crippen LogP contribution >= 0.6 is 0 Å². The molecule has 3 rings (SSSR count). The van der Waals surface area contributed by atoms with Gasteiger partial charge in [-0.2, -0.15) is 0 Å². The third-order valence-corrected chi connectivity index (χ3v) is 6.31. The molecule has 10 N–H and O–H groups in total. The first kappa shape index (κ1) is 28.1. The summed E-state index contributed by atoms with van der Waals surface area (Å²) in [4.78, 5) is 26.0. The fourth-order valence-electron chi connectivity index (χ4n) is 4.22. The summed E-state index contributed by atoms with van der Waals surface area (Å²) in [6.07, 6.45) is -13.7. The molecule has 1 aliphatic carbocycles. The van der Waals surface area contributed by atoms with Crippen LogP contribution in [0.4, 0.5) is 0 Å². The Labute approximate surface area is 203 Å². The van der Waals surface area contributed by atoms with E-state index >= 15 is 0 Å². The van der Waals surface area contributed by atoms with Crippen LogP contribution in [0.1, 0.15) is 12.0 Å². The molecule has 1 aromatic carbocycles.